The van der Waals surface area contributed by atoms with Gasteiger partial charge in [-0.2, -0.15) is 0 Å². The van der Waals surface area contributed by atoms with Gasteiger partial charge in [0.15, 0.2) is 0 Å². The third-order valence-electron chi connectivity index (χ3n) is 3.46. The average molecular weight is 414 g/mol. The van der Waals surface area contributed by atoms with Gasteiger partial charge in [0.1, 0.15) is 0 Å². The van der Waals surface area contributed by atoms with E-state index in [2.05, 4.69) is 5.32 Å². The Kier molecular flexibility index (Phi) is 4.98. The van der Waals surface area contributed by atoms with Crippen molar-refractivity contribution in [1.82, 2.24) is 5.32 Å². The summed E-state index contributed by atoms with van der Waals surface area (Å²) < 4.78 is 0.702. The van der Waals surface area contributed by atoms with E-state index in [0.29, 0.717) is 25.7 Å². The van der Waals surface area contributed by atoms with Crippen LogP contribution in [-0.4, -0.2) is 24.2 Å². The Bertz CT molecular complexity index is 504. The first-order valence-corrected chi connectivity index (χ1v) is 7.84. The number of nitrogens with one attached hydrogen (secondary N) is 1. The van der Waals surface area contributed by atoms with Gasteiger partial charge < -0.3 is 10.4 Å². The van der Waals surface area contributed by atoms with E-state index in [1.165, 1.54) is 0 Å². The zero-order valence-corrected chi connectivity index (χ0v) is 13.8. The van der Waals surface area contributed by atoms with Gasteiger partial charge in [-0.05, 0) is 59.4 Å². The van der Waals surface area contributed by atoms with Gasteiger partial charge in [0.2, 0.25) is 0 Å². The normalized spacial score (nSPS) is 16.2. The molecule has 0 unspecified atom stereocenters. The second-order valence-electron chi connectivity index (χ2n) is 4.91. The largest absolute Gasteiger partial charge is 0.396 e. The number of hydrogen-bond acceptors (Lipinski definition) is 2. The summed E-state index contributed by atoms with van der Waals surface area (Å²) in [6.45, 7) is 0.753. The summed E-state index contributed by atoms with van der Waals surface area (Å²) in [5.41, 5.74) is 0.594. The lowest BCUT2D eigenvalue weighted by molar-refractivity contribution is 0.0940. The monoisotopic (exact) mass is 413 g/mol. The molecular weight excluding hydrogens is 400 g/mol. The lowest BCUT2D eigenvalue weighted by Gasteiger charge is -2.15. The zero-order chi connectivity index (χ0) is 14.0. The van der Waals surface area contributed by atoms with E-state index in [1.54, 1.807) is 12.1 Å². The molecule has 1 aliphatic carbocycles. The molecule has 0 aromatic heterocycles. The number of halogens is 3. The van der Waals surface area contributed by atoms with Crippen LogP contribution in [0, 0.1) is 8.99 Å². The predicted octanol–water partition coefficient (Wildman–Crippen LogP) is 3.49. The summed E-state index contributed by atoms with van der Waals surface area (Å²) >= 11 is 14.0. The first-order valence-electron chi connectivity index (χ1n) is 6.01. The number of carbonyl (C=O) groups is 1. The van der Waals surface area contributed by atoms with Crippen LogP contribution in [0.4, 0.5) is 0 Å². The molecule has 1 amide bonds. The number of aliphatic hydroxyl groups is 1. The topological polar surface area (TPSA) is 49.3 Å². The SMILES string of the molecule is O=C(NCC1(CCO)CC1)c1cc(Cl)cc(Cl)c1I. The molecule has 1 aromatic rings. The van der Waals surface area contributed by atoms with Gasteiger partial charge in [0, 0.05) is 21.7 Å². The van der Waals surface area contributed by atoms with Crippen LogP contribution < -0.4 is 5.32 Å². The highest BCUT2D eigenvalue weighted by molar-refractivity contribution is 14.1. The molecule has 2 rings (SSSR count). The number of rotatable bonds is 5. The van der Waals surface area contributed by atoms with Crippen LogP contribution in [-0.2, 0) is 0 Å². The third-order valence-corrected chi connectivity index (χ3v) is 5.46. The summed E-state index contributed by atoms with van der Waals surface area (Å²) in [6, 6.07) is 3.24. The molecule has 1 saturated carbocycles. The summed E-state index contributed by atoms with van der Waals surface area (Å²) in [7, 11) is 0. The van der Waals surface area contributed by atoms with Gasteiger partial charge in [-0.1, -0.05) is 23.2 Å². The maximum absolute atomic E-state index is 12.2. The highest BCUT2D eigenvalue weighted by Crippen LogP contribution is 2.47. The molecule has 6 heteroatoms. The molecule has 0 bridgehead atoms. The van der Waals surface area contributed by atoms with Gasteiger partial charge in [-0.15, -0.1) is 0 Å². The van der Waals surface area contributed by atoms with Crippen LogP contribution in [0.3, 0.4) is 0 Å². The van der Waals surface area contributed by atoms with Crippen molar-refractivity contribution < 1.29 is 9.90 Å². The molecule has 0 atom stereocenters. The standard InChI is InChI=1S/C13H14Cl2INO2/c14-8-5-9(11(16)10(15)6-8)12(19)17-7-13(1-2-13)3-4-18/h5-6,18H,1-4,7H2,(H,17,19). The molecule has 1 fully saturated rings. The Morgan fingerprint density at radius 1 is 1.42 bits per heavy atom. The number of amides is 1. The zero-order valence-electron chi connectivity index (χ0n) is 10.2. The lowest BCUT2D eigenvalue weighted by atomic mass is 10.0. The Hall–Kier alpha value is -0.0400. The van der Waals surface area contributed by atoms with E-state index in [4.69, 9.17) is 28.3 Å². The minimum atomic E-state index is -0.169. The Balaban J connectivity index is 2.04. The second kappa shape index (κ2) is 6.16. The molecule has 0 spiro atoms. The van der Waals surface area contributed by atoms with Crippen molar-refractivity contribution in [2.45, 2.75) is 19.3 Å². The number of carbonyl (C=O) groups excluding carboxylic acids is 1. The minimum Gasteiger partial charge on any atom is -0.396 e. The summed E-state index contributed by atoms with van der Waals surface area (Å²) in [4.78, 5) is 12.2. The predicted molar refractivity (Wildman–Crippen MR) is 84.9 cm³/mol. The van der Waals surface area contributed by atoms with Crippen molar-refractivity contribution in [1.29, 1.82) is 0 Å². The first-order chi connectivity index (χ1) is 8.97. The Morgan fingerprint density at radius 2 is 2.11 bits per heavy atom. The van der Waals surface area contributed by atoms with Crippen molar-refractivity contribution in [2.24, 2.45) is 5.41 Å². The highest BCUT2D eigenvalue weighted by atomic mass is 127. The third kappa shape index (κ3) is 3.74. The summed E-state index contributed by atoms with van der Waals surface area (Å²) in [6.07, 6.45) is 2.85. The molecular formula is C13H14Cl2INO2. The molecule has 0 heterocycles. The van der Waals surface area contributed by atoms with Crippen LogP contribution >= 0.6 is 45.8 Å². The van der Waals surface area contributed by atoms with Gasteiger partial charge in [0.05, 0.1) is 10.6 Å². The van der Waals surface area contributed by atoms with Crippen LogP contribution in [0.5, 0.6) is 0 Å². The van der Waals surface area contributed by atoms with E-state index in [1.807, 2.05) is 22.6 Å². The molecule has 1 aliphatic rings. The number of benzene rings is 1. The number of aliphatic hydroxyl groups excluding tert-OH is 1. The minimum absolute atomic E-state index is 0.0955. The summed E-state index contributed by atoms with van der Waals surface area (Å²) in [5.74, 6) is -0.169. The van der Waals surface area contributed by atoms with E-state index < -0.39 is 0 Å². The van der Waals surface area contributed by atoms with Gasteiger partial charge in [0.25, 0.3) is 5.91 Å². The molecule has 2 N–H and O–H groups in total. The summed E-state index contributed by atoms with van der Waals surface area (Å²) in [5, 5.41) is 12.8. The van der Waals surface area contributed by atoms with Crippen LogP contribution in [0.1, 0.15) is 29.6 Å². The fourth-order valence-electron chi connectivity index (χ4n) is 2.01. The average Bonchev–Trinajstić information content (AvgIpc) is 3.12. The van der Waals surface area contributed by atoms with Crippen LogP contribution in [0.25, 0.3) is 0 Å². The molecule has 104 valence electrons. The van der Waals surface area contributed by atoms with Crippen LogP contribution in [0.15, 0.2) is 12.1 Å². The molecule has 3 nitrogen and oxygen atoms in total. The van der Waals surface area contributed by atoms with Crippen molar-refractivity contribution in [3.8, 4) is 0 Å². The van der Waals surface area contributed by atoms with Gasteiger partial charge in [-0.3, -0.25) is 4.79 Å². The molecule has 1 aromatic carbocycles. The quantitative estimate of drug-likeness (QED) is 0.573. The molecule has 0 aliphatic heterocycles. The van der Waals surface area contributed by atoms with Crippen molar-refractivity contribution in [2.75, 3.05) is 13.2 Å². The fourth-order valence-corrected chi connectivity index (χ4v) is 3.06. The second-order valence-corrected chi connectivity index (χ2v) is 6.83. The maximum atomic E-state index is 12.2. The van der Waals surface area contributed by atoms with E-state index in [9.17, 15) is 4.79 Å². The van der Waals surface area contributed by atoms with Gasteiger partial charge >= 0.3 is 0 Å². The Labute approximate surface area is 135 Å². The van der Waals surface area contributed by atoms with Crippen molar-refractivity contribution >= 4 is 51.7 Å². The number of hydrogen-bond donors (Lipinski definition) is 2. The highest BCUT2D eigenvalue weighted by Gasteiger charge is 2.41. The maximum Gasteiger partial charge on any atom is 0.252 e. The van der Waals surface area contributed by atoms with Crippen molar-refractivity contribution in [3.63, 3.8) is 0 Å². The van der Waals surface area contributed by atoms with Crippen molar-refractivity contribution in [3.05, 3.63) is 31.3 Å². The molecule has 0 radical (unpaired) electrons. The van der Waals surface area contributed by atoms with E-state index >= 15 is 0 Å². The van der Waals surface area contributed by atoms with Crippen LogP contribution in [0.2, 0.25) is 10.0 Å². The van der Waals surface area contributed by atoms with Gasteiger partial charge in [-0.25, -0.2) is 0 Å². The molecule has 0 saturated heterocycles. The first kappa shape index (κ1) is 15.4. The lowest BCUT2D eigenvalue weighted by Crippen LogP contribution is -2.31. The molecule has 19 heavy (non-hydrogen) atoms. The van der Waals surface area contributed by atoms with E-state index in [-0.39, 0.29) is 17.9 Å². The fraction of sp³-hybridized carbons (Fsp3) is 0.462. The smallest absolute Gasteiger partial charge is 0.252 e. The van der Waals surface area contributed by atoms with E-state index in [0.717, 1.165) is 19.3 Å². The Morgan fingerprint density at radius 3 is 2.68 bits per heavy atom.